The fourth-order valence-electron chi connectivity index (χ4n) is 5.53. The third kappa shape index (κ3) is 3.64. The van der Waals surface area contributed by atoms with Gasteiger partial charge in [-0.05, 0) is 33.4 Å². The monoisotopic (exact) mass is 541 g/mol. The number of esters is 1. The Bertz CT molecular complexity index is 1400. The molecule has 6 rings (SSSR count). The maximum absolute atomic E-state index is 13.9. The van der Waals surface area contributed by atoms with Crippen LogP contribution in [0.25, 0.3) is 0 Å². The first-order valence-electron chi connectivity index (χ1n) is 10.8. The summed E-state index contributed by atoms with van der Waals surface area (Å²) >= 11 is 0. The molecule has 0 saturated carbocycles. The lowest BCUT2D eigenvalue weighted by Crippen LogP contribution is -2.57. The molecule has 0 aromatic heterocycles. The van der Waals surface area contributed by atoms with Gasteiger partial charge in [0.25, 0.3) is 0 Å². The molecule has 0 saturated heterocycles. The first-order chi connectivity index (χ1) is 17.2. The summed E-state index contributed by atoms with van der Waals surface area (Å²) in [5.41, 5.74) is 0.0217. The van der Waals surface area contributed by atoms with Gasteiger partial charge in [0.1, 0.15) is 15.5 Å². The van der Waals surface area contributed by atoms with Gasteiger partial charge in [0.15, 0.2) is 5.25 Å². The molecule has 5 nitrogen and oxygen atoms in total. The van der Waals surface area contributed by atoms with Crippen molar-refractivity contribution in [2.75, 3.05) is 0 Å². The number of alkyl halides is 6. The molecule has 0 spiro atoms. The smallest absolute Gasteiger partial charge is 0.427 e. The van der Waals surface area contributed by atoms with E-state index < -0.39 is 51.1 Å². The van der Waals surface area contributed by atoms with E-state index in [2.05, 4.69) is 4.74 Å². The molecule has 0 heterocycles. The van der Waals surface area contributed by atoms with Crippen molar-refractivity contribution in [2.45, 2.75) is 35.0 Å². The van der Waals surface area contributed by atoms with Gasteiger partial charge in [-0.2, -0.15) is 26.3 Å². The van der Waals surface area contributed by atoms with Crippen LogP contribution in [-0.4, -0.2) is 42.6 Å². The fraction of sp³-hybridized carbons (Fsp3) is 0.240. The lowest BCUT2D eigenvalue weighted by Gasteiger charge is -2.49. The largest absolute Gasteiger partial charge is 0.747 e. The summed E-state index contributed by atoms with van der Waals surface area (Å²) in [6.45, 7) is 0. The molecule has 2 atom stereocenters. The van der Waals surface area contributed by atoms with E-state index in [9.17, 15) is 44.1 Å². The third-order valence-electron chi connectivity index (χ3n) is 6.80. The van der Waals surface area contributed by atoms with Crippen LogP contribution in [0.3, 0.4) is 0 Å². The van der Waals surface area contributed by atoms with Gasteiger partial charge < -0.3 is 9.29 Å². The molecule has 194 valence electrons. The van der Waals surface area contributed by atoms with Gasteiger partial charge in [-0.3, -0.25) is 4.79 Å². The highest BCUT2D eigenvalue weighted by Gasteiger charge is 2.64. The SMILES string of the molecule is O=C(OC(C(C(F)(F)F)S(=O)(=O)[O-])C(F)(F)F)C12c3ccccc3C(c3ccccc31)c1ccccc12. The highest BCUT2D eigenvalue weighted by atomic mass is 32.2. The summed E-state index contributed by atoms with van der Waals surface area (Å²) < 4.78 is 121. The number of rotatable bonds is 4. The number of carbonyl (C=O) groups is 1. The van der Waals surface area contributed by atoms with Crippen molar-refractivity contribution >= 4 is 16.1 Å². The minimum Gasteiger partial charge on any atom is -0.747 e. The molecule has 3 aliphatic carbocycles. The van der Waals surface area contributed by atoms with E-state index >= 15 is 0 Å². The minimum atomic E-state index is -6.65. The lowest BCUT2D eigenvalue weighted by atomic mass is 9.53. The van der Waals surface area contributed by atoms with E-state index in [0.717, 1.165) is 0 Å². The Labute approximate surface area is 206 Å². The summed E-state index contributed by atoms with van der Waals surface area (Å²) in [5.74, 6) is -2.19. The van der Waals surface area contributed by atoms with E-state index in [4.69, 9.17) is 0 Å². The van der Waals surface area contributed by atoms with Crippen LogP contribution < -0.4 is 0 Å². The predicted octanol–water partition coefficient (Wildman–Crippen LogP) is 4.78. The first-order valence-corrected chi connectivity index (χ1v) is 12.2. The van der Waals surface area contributed by atoms with Crippen LogP contribution in [0.4, 0.5) is 26.3 Å². The molecule has 0 amide bonds. The minimum absolute atomic E-state index is 0.192. The van der Waals surface area contributed by atoms with E-state index in [0.29, 0.717) is 16.7 Å². The van der Waals surface area contributed by atoms with Gasteiger partial charge in [-0.25, -0.2) is 8.42 Å². The van der Waals surface area contributed by atoms with Crippen LogP contribution in [0.15, 0.2) is 72.8 Å². The Morgan fingerprint density at radius 2 is 1.14 bits per heavy atom. The van der Waals surface area contributed by atoms with Crippen molar-refractivity contribution in [1.29, 1.82) is 0 Å². The van der Waals surface area contributed by atoms with Gasteiger partial charge in [-0.1, -0.05) is 72.8 Å². The molecular weight excluding hydrogens is 526 g/mol. The Kier molecular flexibility index (Phi) is 5.50. The van der Waals surface area contributed by atoms with Crippen molar-refractivity contribution in [1.82, 2.24) is 0 Å². The number of benzene rings is 3. The number of carbonyl (C=O) groups excluding carboxylic acids is 1. The average molecular weight is 541 g/mol. The van der Waals surface area contributed by atoms with Crippen LogP contribution in [0.1, 0.15) is 39.3 Å². The van der Waals surface area contributed by atoms with Gasteiger partial charge >= 0.3 is 18.3 Å². The Morgan fingerprint density at radius 1 is 0.757 bits per heavy atom. The standard InChI is InChI=1S/C25H16F6O5S/c26-24(27,28)20(21(25(29,30)31)37(33,34)35)36-22(32)23-16-10-4-1-7-13(16)19(14-8-2-5-11-17(14)23)15-9-3-6-12-18(15)23/h1-12,19-21H,(H,33,34,35)/p-1. The van der Waals surface area contributed by atoms with E-state index in [1.165, 1.54) is 36.4 Å². The molecule has 0 radical (unpaired) electrons. The predicted molar refractivity (Wildman–Crippen MR) is 116 cm³/mol. The Morgan fingerprint density at radius 3 is 1.46 bits per heavy atom. The zero-order chi connectivity index (χ0) is 27.0. The molecule has 12 heteroatoms. The summed E-state index contributed by atoms with van der Waals surface area (Å²) in [7, 11) is -6.65. The molecule has 3 aliphatic rings. The van der Waals surface area contributed by atoms with Crippen molar-refractivity contribution in [3.05, 3.63) is 106 Å². The Hall–Kier alpha value is -3.38. The van der Waals surface area contributed by atoms with Crippen LogP contribution >= 0.6 is 0 Å². The van der Waals surface area contributed by atoms with E-state index in [-0.39, 0.29) is 16.7 Å². The maximum Gasteiger partial charge on any atom is 0.427 e. The van der Waals surface area contributed by atoms with Gasteiger partial charge in [0.2, 0.25) is 6.10 Å². The number of hydrogen-bond acceptors (Lipinski definition) is 5. The second-order valence-electron chi connectivity index (χ2n) is 8.77. The summed E-state index contributed by atoms with van der Waals surface area (Å²) in [6.07, 6.45) is -16.5. The van der Waals surface area contributed by atoms with Gasteiger partial charge in [-0.15, -0.1) is 0 Å². The summed E-state index contributed by atoms with van der Waals surface area (Å²) in [5, 5.41) is -4.55. The molecule has 0 N–H and O–H groups in total. The van der Waals surface area contributed by atoms with Crippen molar-refractivity contribution in [3.63, 3.8) is 0 Å². The molecular formula is C25H15F6O5S-. The quantitative estimate of drug-likeness (QED) is 0.270. The van der Waals surface area contributed by atoms with Crippen LogP contribution in [0.2, 0.25) is 0 Å². The Balaban J connectivity index is 1.78. The molecule has 3 aromatic carbocycles. The van der Waals surface area contributed by atoms with Crippen molar-refractivity contribution < 1.29 is 48.8 Å². The number of halogens is 6. The molecule has 0 fully saturated rings. The van der Waals surface area contributed by atoms with Crippen molar-refractivity contribution in [2.24, 2.45) is 0 Å². The normalized spacial score (nSPS) is 21.9. The third-order valence-corrected chi connectivity index (χ3v) is 7.94. The summed E-state index contributed by atoms with van der Waals surface area (Å²) in [4.78, 5) is 13.9. The molecule has 2 unspecified atom stereocenters. The second kappa shape index (κ2) is 8.06. The van der Waals surface area contributed by atoms with E-state index in [1.807, 2.05) is 0 Å². The first kappa shape index (κ1) is 25.3. The topological polar surface area (TPSA) is 83.5 Å². The zero-order valence-electron chi connectivity index (χ0n) is 18.4. The van der Waals surface area contributed by atoms with Gasteiger partial charge in [0, 0.05) is 5.92 Å². The van der Waals surface area contributed by atoms with E-state index in [1.54, 1.807) is 36.4 Å². The van der Waals surface area contributed by atoms with Crippen LogP contribution in [0.5, 0.6) is 0 Å². The average Bonchev–Trinajstić information content (AvgIpc) is 2.81. The van der Waals surface area contributed by atoms with Crippen molar-refractivity contribution in [3.8, 4) is 0 Å². The fourth-order valence-corrected chi connectivity index (χ4v) is 6.37. The molecule has 37 heavy (non-hydrogen) atoms. The number of hydrogen-bond donors (Lipinski definition) is 0. The second-order valence-corrected chi connectivity index (χ2v) is 10.3. The molecule has 0 aliphatic heterocycles. The highest BCUT2D eigenvalue weighted by Crippen LogP contribution is 2.59. The number of ether oxygens (including phenoxy) is 1. The molecule has 2 bridgehead atoms. The maximum atomic E-state index is 13.9. The highest BCUT2D eigenvalue weighted by molar-refractivity contribution is 7.86. The van der Waals surface area contributed by atoms with Crippen LogP contribution in [-0.2, 0) is 25.1 Å². The lowest BCUT2D eigenvalue weighted by molar-refractivity contribution is -0.250. The zero-order valence-corrected chi connectivity index (χ0v) is 19.2. The van der Waals surface area contributed by atoms with Gasteiger partial charge in [0.05, 0.1) is 0 Å². The molecule has 3 aromatic rings. The summed E-state index contributed by atoms with van der Waals surface area (Å²) in [6, 6.07) is 18.8. The van der Waals surface area contributed by atoms with Crippen LogP contribution in [0, 0.1) is 0 Å².